The predicted molar refractivity (Wildman–Crippen MR) is 112 cm³/mol. The van der Waals surface area contributed by atoms with Gasteiger partial charge in [0.25, 0.3) is 5.91 Å². The molecule has 0 unspecified atom stereocenters. The van der Waals surface area contributed by atoms with Crippen LogP contribution in [0.15, 0.2) is 30.3 Å². The van der Waals surface area contributed by atoms with Crippen molar-refractivity contribution in [2.75, 3.05) is 37.7 Å². The molecule has 3 amide bonds. The Balaban J connectivity index is 1.85. The standard InChI is InChI=1S/C22H32N4O3/c1-5-23-18(27)15-25-16-26(17-9-7-6-8-10-17)22(20(25)29)11-13-24(14-12-22)19(28)21(2,3)4/h6-10H,5,11-16H2,1-4H3,(H,23,27). The Kier molecular flexibility index (Phi) is 5.87. The molecule has 1 aromatic carbocycles. The second-order valence-electron chi connectivity index (χ2n) is 8.94. The Morgan fingerprint density at radius 3 is 2.28 bits per heavy atom. The van der Waals surface area contributed by atoms with Crippen molar-refractivity contribution in [1.82, 2.24) is 15.1 Å². The number of rotatable bonds is 4. The van der Waals surface area contributed by atoms with Gasteiger partial charge in [-0.05, 0) is 31.9 Å². The lowest BCUT2D eigenvalue weighted by Crippen LogP contribution is -2.58. The number of likely N-dealkylation sites (N-methyl/N-ethyl adjacent to an activating group) is 1. The summed E-state index contributed by atoms with van der Waals surface area (Å²) in [5.74, 6) is -0.0510. The van der Waals surface area contributed by atoms with E-state index in [2.05, 4.69) is 10.2 Å². The van der Waals surface area contributed by atoms with Crippen molar-refractivity contribution in [2.24, 2.45) is 5.41 Å². The van der Waals surface area contributed by atoms with Crippen molar-refractivity contribution in [1.29, 1.82) is 0 Å². The molecule has 0 bridgehead atoms. The van der Waals surface area contributed by atoms with Crippen LogP contribution in [-0.2, 0) is 14.4 Å². The highest BCUT2D eigenvalue weighted by Gasteiger charge is 2.54. The molecule has 2 fully saturated rings. The van der Waals surface area contributed by atoms with Gasteiger partial charge in [-0.15, -0.1) is 0 Å². The number of hydrogen-bond donors (Lipinski definition) is 1. The molecule has 2 saturated heterocycles. The van der Waals surface area contributed by atoms with Gasteiger partial charge in [-0.1, -0.05) is 39.0 Å². The van der Waals surface area contributed by atoms with Gasteiger partial charge < -0.3 is 20.0 Å². The highest BCUT2D eigenvalue weighted by molar-refractivity contribution is 5.96. The van der Waals surface area contributed by atoms with Gasteiger partial charge in [0.05, 0.1) is 6.67 Å². The maximum absolute atomic E-state index is 13.5. The number of para-hydroxylation sites is 1. The van der Waals surface area contributed by atoms with Crippen LogP contribution in [0.4, 0.5) is 5.69 Å². The Labute approximate surface area is 173 Å². The molecule has 1 spiro atoms. The first-order valence-electron chi connectivity index (χ1n) is 10.4. The first kappa shape index (κ1) is 21.1. The second kappa shape index (κ2) is 8.05. The number of carbonyl (C=O) groups is 3. The molecule has 2 heterocycles. The first-order valence-corrected chi connectivity index (χ1v) is 10.4. The van der Waals surface area contributed by atoms with Gasteiger partial charge in [-0.25, -0.2) is 0 Å². The molecule has 1 N–H and O–H groups in total. The van der Waals surface area contributed by atoms with E-state index < -0.39 is 11.0 Å². The molecular formula is C22H32N4O3. The fourth-order valence-electron chi connectivity index (χ4n) is 4.30. The molecule has 29 heavy (non-hydrogen) atoms. The van der Waals surface area contributed by atoms with Gasteiger partial charge in [0.1, 0.15) is 12.1 Å². The van der Waals surface area contributed by atoms with E-state index >= 15 is 0 Å². The van der Waals surface area contributed by atoms with Gasteiger partial charge in [0.2, 0.25) is 11.8 Å². The molecule has 0 saturated carbocycles. The fourth-order valence-corrected chi connectivity index (χ4v) is 4.30. The van der Waals surface area contributed by atoms with Gasteiger partial charge in [-0.3, -0.25) is 14.4 Å². The number of hydrogen-bond acceptors (Lipinski definition) is 4. The molecule has 3 rings (SSSR count). The van der Waals surface area contributed by atoms with Crippen LogP contribution in [0.3, 0.4) is 0 Å². The molecule has 0 aliphatic carbocycles. The zero-order chi connectivity index (χ0) is 21.2. The summed E-state index contributed by atoms with van der Waals surface area (Å²) in [7, 11) is 0. The lowest BCUT2D eigenvalue weighted by atomic mass is 9.84. The van der Waals surface area contributed by atoms with Gasteiger partial charge in [0, 0.05) is 30.7 Å². The van der Waals surface area contributed by atoms with E-state index in [1.165, 1.54) is 0 Å². The van der Waals surface area contributed by atoms with E-state index in [0.29, 0.717) is 39.1 Å². The van der Waals surface area contributed by atoms with E-state index in [-0.39, 0.29) is 24.3 Å². The van der Waals surface area contributed by atoms with Crippen LogP contribution >= 0.6 is 0 Å². The van der Waals surface area contributed by atoms with Crippen molar-refractivity contribution in [3.05, 3.63) is 30.3 Å². The van der Waals surface area contributed by atoms with Crippen LogP contribution < -0.4 is 10.2 Å². The predicted octanol–water partition coefficient (Wildman–Crippen LogP) is 1.84. The molecule has 0 atom stereocenters. The molecule has 0 radical (unpaired) electrons. The number of likely N-dealkylation sites (tertiary alicyclic amines) is 1. The highest BCUT2D eigenvalue weighted by Crippen LogP contribution is 2.40. The van der Waals surface area contributed by atoms with E-state index in [4.69, 9.17) is 0 Å². The molecule has 158 valence electrons. The van der Waals surface area contributed by atoms with E-state index in [1.54, 1.807) is 4.90 Å². The fraction of sp³-hybridized carbons (Fsp3) is 0.591. The zero-order valence-electron chi connectivity index (χ0n) is 17.9. The summed E-state index contributed by atoms with van der Waals surface area (Å²) in [6.45, 7) is 9.69. The molecular weight excluding hydrogens is 368 g/mol. The number of carbonyl (C=O) groups excluding carboxylic acids is 3. The van der Waals surface area contributed by atoms with Crippen LogP contribution in [0.5, 0.6) is 0 Å². The maximum atomic E-state index is 13.5. The minimum absolute atomic E-state index is 0.0181. The summed E-state index contributed by atoms with van der Waals surface area (Å²) in [5.41, 5.74) is -0.175. The van der Waals surface area contributed by atoms with Crippen LogP contribution in [0.1, 0.15) is 40.5 Å². The smallest absolute Gasteiger partial charge is 0.250 e. The highest BCUT2D eigenvalue weighted by atomic mass is 16.2. The zero-order valence-corrected chi connectivity index (χ0v) is 17.9. The minimum Gasteiger partial charge on any atom is -0.355 e. The largest absolute Gasteiger partial charge is 0.355 e. The number of piperidine rings is 1. The van der Waals surface area contributed by atoms with Crippen molar-refractivity contribution in [2.45, 2.75) is 46.1 Å². The summed E-state index contributed by atoms with van der Waals surface area (Å²) in [4.78, 5) is 43.9. The Morgan fingerprint density at radius 1 is 1.10 bits per heavy atom. The van der Waals surface area contributed by atoms with Crippen molar-refractivity contribution in [3.8, 4) is 0 Å². The third-order valence-corrected chi connectivity index (χ3v) is 5.81. The Morgan fingerprint density at radius 2 is 1.72 bits per heavy atom. The summed E-state index contributed by atoms with van der Waals surface area (Å²) in [6.07, 6.45) is 1.13. The lowest BCUT2D eigenvalue weighted by molar-refractivity contribution is -0.144. The number of anilines is 1. The third-order valence-electron chi connectivity index (χ3n) is 5.81. The second-order valence-corrected chi connectivity index (χ2v) is 8.94. The van der Waals surface area contributed by atoms with Gasteiger partial charge in [0.15, 0.2) is 0 Å². The summed E-state index contributed by atoms with van der Waals surface area (Å²) in [6, 6.07) is 9.86. The lowest BCUT2D eigenvalue weighted by Gasteiger charge is -2.44. The van der Waals surface area contributed by atoms with Gasteiger partial charge >= 0.3 is 0 Å². The number of nitrogens with one attached hydrogen (secondary N) is 1. The molecule has 7 heteroatoms. The number of benzene rings is 1. The summed E-state index contributed by atoms with van der Waals surface area (Å²) >= 11 is 0. The molecule has 1 aromatic rings. The maximum Gasteiger partial charge on any atom is 0.250 e. The van der Waals surface area contributed by atoms with E-state index in [9.17, 15) is 14.4 Å². The average molecular weight is 401 g/mol. The van der Waals surface area contributed by atoms with Crippen LogP contribution in [0, 0.1) is 5.41 Å². The van der Waals surface area contributed by atoms with Gasteiger partial charge in [-0.2, -0.15) is 0 Å². The number of amides is 3. The molecule has 2 aliphatic rings. The SMILES string of the molecule is CCNC(=O)CN1CN(c2ccccc2)C2(CCN(C(=O)C(C)(C)C)CC2)C1=O. The Hall–Kier alpha value is -2.57. The van der Waals surface area contributed by atoms with Crippen LogP contribution in [0.2, 0.25) is 0 Å². The first-order chi connectivity index (χ1) is 13.7. The summed E-state index contributed by atoms with van der Waals surface area (Å²) in [5, 5.41) is 2.77. The van der Waals surface area contributed by atoms with Crippen molar-refractivity contribution >= 4 is 23.4 Å². The van der Waals surface area contributed by atoms with E-state index in [1.807, 2.05) is 62.9 Å². The van der Waals surface area contributed by atoms with Crippen molar-refractivity contribution in [3.63, 3.8) is 0 Å². The summed E-state index contributed by atoms with van der Waals surface area (Å²) < 4.78 is 0. The average Bonchev–Trinajstić information content (AvgIpc) is 2.94. The topological polar surface area (TPSA) is 73.0 Å². The monoisotopic (exact) mass is 400 g/mol. The molecule has 0 aromatic heterocycles. The quantitative estimate of drug-likeness (QED) is 0.837. The normalized spacial score (nSPS) is 19.0. The third kappa shape index (κ3) is 4.09. The van der Waals surface area contributed by atoms with Crippen LogP contribution in [0.25, 0.3) is 0 Å². The minimum atomic E-state index is -0.706. The van der Waals surface area contributed by atoms with E-state index in [0.717, 1.165) is 5.69 Å². The number of nitrogens with zero attached hydrogens (tertiary/aromatic N) is 3. The van der Waals surface area contributed by atoms with Crippen molar-refractivity contribution < 1.29 is 14.4 Å². The molecule has 2 aliphatic heterocycles. The molecule has 7 nitrogen and oxygen atoms in total. The Bertz CT molecular complexity index is 764. The van der Waals surface area contributed by atoms with Crippen LogP contribution in [-0.4, -0.2) is 65.9 Å².